The van der Waals surface area contributed by atoms with E-state index < -0.39 is 0 Å². The van der Waals surface area contributed by atoms with Gasteiger partial charge < -0.3 is 29.2 Å². The smallest absolute Gasteiger partial charge is 0.231 e. The molecule has 0 fully saturated rings. The maximum atomic E-state index is 10.0. The lowest BCUT2D eigenvalue weighted by Gasteiger charge is -2.09. The zero-order valence-corrected chi connectivity index (χ0v) is 11.7. The molecule has 4 rings (SSSR count). The lowest BCUT2D eigenvalue weighted by Crippen LogP contribution is -1.94. The molecule has 22 heavy (non-hydrogen) atoms. The lowest BCUT2D eigenvalue weighted by atomic mass is 10.0. The summed E-state index contributed by atoms with van der Waals surface area (Å²) in [6.45, 7) is 0.336. The normalized spacial score (nSPS) is 14.4. The third-order valence-electron chi connectivity index (χ3n) is 3.81. The van der Waals surface area contributed by atoms with Gasteiger partial charge in [0.1, 0.15) is 11.5 Å². The van der Waals surface area contributed by atoms with Crippen molar-refractivity contribution in [2.24, 2.45) is 0 Å². The SMILES string of the molecule is Oc1cc2c(cc1CCc1cc3c(cc1O)OCO3)OCO2. The molecule has 0 spiro atoms. The molecule has 0 unspecified atom stereocenters. The number of benzene rings is 2. The van der Waals surface area contributed by atoms with Crippen LogP contribution >= 0.6 is 0 Å². The molecular formula is C16H14O6. The van der Waals surface area contributed by atoms with Crippen molar-refractivity contribution in [1.82, 2.24) is 0 Å². The highest BCUT2D eigenvalue weighted by molar-refractivity contribution is 5.53. The molecule has 2 aromatic rings. The van der Waals surface area contributed by atoms with Crippen LogP contribution < -0.4 is 18.9 Å². The summed E-state index contributed by atoms with van der Waals surface area (Å²) in [4.78, 5) is 0. The first kappa shape index (κ1) is 12.9. The maximum Gasteiger partial charge on any atom is 0.231 e. The second-order valence-electron chi connectivity index (χ2n) is 5.17. The summed E-state index contributed by atoms with van der Waals surface area (Å²) in [5.41, 5.74) is 1.47. The van der Waals surface area contributed by atoms with Crippen LogP contribution in [0, 0.1) is 0 Å². The molecule has 2 heterocycles. The van der Waals surface area contributed by atoms with E-state index in [1.807, 2.05) is 0 Å². The van der Waals surface area contributed by atoms with Crippen molar-refractivity contribution in [3.05, 3.63) is 35.4 Å². The molecule has 2 aliphatic heterocycles. The van der Waals surface area contributed by atoms with E-state index in [-0.39, 0.29) is 25.1 Å². The Morgan fingerprint density at radius 3 is 1.41 bits per heavy atom. The van der Waals surface area contributed by atoms with E-state index >= 15 is 0 Å². The Kier molecular flexibility index (Phi) is 2.89. The molecular weight excluding hydrogens is 288 g/mol. The second-order valence-corrected chi connectivity index (χ2v) is 5.17. The van der Waals surface area contributed by atoms with E-state index in [2.05, 4.69) is 0 Å². The number of ether oxygens (including phenoxy) is 4. The fourth-order valence-corrected chi connectivity index (χ4v) is 2.62. The van der Waals surface area contributed by atoms with E-state index in [0.717, 1.165) is 11.1 Å². The van der Waals surface area contributed by atoms with Crippen molar-refractivity contribution < 1.29 is 29.2 Å². The van der Waals surface area contributed by atoms with Crippen LogP contribution in [0.4, 0.5) is 0 Å². The van der Waals surface area contributed by atoms with Crippen LogP contribution in [0.25, 0.3) is 0 Å². The summed E-state index contributed by atoms with van der Waals surface area (Å²) in [7, 11) is 0. The van der Waals surface area contributed by atoms with E-state index in [9.17, 15) is 10.2 Å². The summed E-state index contributed by atoms with van der Waals surface area (Å²) in [5.74, 6) is 2.67. The van der Waals surface area contributed by atoms with Gasteiger partial charge >= 0.3 is 0 Å². The number of hydrogen-bond acceptors (Lipinski definition) is 6. The summed E-state index contributed by atoms with van der Waals surface area (Å²) >= 11 is 0. The predicted octanol–water partition coefficient (Wildman–Crippen LogP) is 2.34. The van der Waals surface area contributed by atoms with Crippen molar-refractivity contribution in [2.75, 3.05) is 13.6 Å². The fourth-order valence-electron chi connectivity index (χ4n) is 2.62. The predicted molar refractivity (Wildman–Crippen MR) is 75.9 cm³/mol. The molecule has 0 aromatic heterocycles. The molecule has 0 amide bonds. The van der Waals surface area contributed by atoms with Gasteiger partial charge in [0.25, 0.3) is 0 Å². The van der Waals surface area contributed by atoms with Gasteiger partial charge in [-0.3, -0.25) is 0 Å². The van der Waals surface area contributed by atoms with Gasteiger partial charge in [0, 0.05) is 12.1 Å². The van der Waals surface area contributed by atoms with Crippen LogP contribution in [0.2, 0.25) is 0 Å². The Morgan fingerprint density at radius 2 is 1.00 bits per heavy atom. The number of aryl methyl sites for hydroxylation is 2. The van der Waals surface area contributed by atoms with Crippen molar-refractivity contribution in [1.29, 1.82) is 0 Å². The fraction of sp³-hybridized carbons (Fsp3) is 0.250. The molecule has 0 bridgehead atoms. The van der Waals surface area contributed by atoms with Gasteiger partial charge in [-0.2, -0.15) is 0 Å². The van der Waals surface area contributed by atoms with Crippen LogP contribution in [-0.4, -0.2) is 23.8 Å². The third kappa shape index (κ3) is 2.13. The molecule has 114 valence electrons. The Morgan fingerprint density at radius 1 is 0.636 bits per heavy atom. The van der Waals surface area contributed by atoms with Gasteiger partial charge in [-0.05, 0) is 36.1 Å². The number of phenolic OH excluding ortho intramolecular Hbond substituents is 2. The molecule has 0 radical (unpaired) electrons. The van der Waals surface area contributed by atoms with Gasteiger partial charge in [-0.1, -0.05) is 0 Å². The van der Waals surface area contributed by atoms with Crippen molar-refractivity contribution in [3.63, 3.8) is 0 Å². The van der Waals surface area contributed by atoms with Crippen LogP contribution in [0.5, 0.6) is 34.5 Å². The Labute approximate surface area is 126 Å². The van der Waals surface area contributed by atoms with Gasteiger partial charge in [0.15, 0.2) is 23.0 Å². The molecule has 0 saturated heterocycles. The largest absolute Gasteiger partial charge is 0.508 e. The first-order valence-electron chi connectivity index (χ1n) is 6.93. The van der Waals surface area contributed by atoms with Gasteiger partial charge in [-0.15, -0.1) is 0 Å². The summed E-state index contributed by atoms with van der Waals surface area (Å²) < 4.78 is 21.1. The number of rotatable bonds is 3. The van der Waals surface area contributed by atoms with Gasteiger partial charge in [0.05, 0.1) is 0 Å². The molecule has 6 nitrogen and oxygen atoms in total. The zero-order valence-electron chi connectivity index (χ0n) is 11.7. The van der Waals surface area contributed by atoms with Crippen molar-refractivity contribution >= 4 is 0 Å². The second kappa shape index (κ2) is 4.91. The summed E-state index contributed by atoms with van der Waals surface area (Å²) in [6.07, 6.45) is 1.10. The monoisotopic (exact) mass is 302 g/mol. The highest BCUT2D eigenvalue weighted by Gasteiger charge is 2.19. The van der Waals surface area contributed by atoms with E-state index in [0.29, 0.717) is 35.8 Å². The zero-order chi connectivity index (χ0) is 15.1. The highest BCUT2D eigenvalue weighted by atomic mass is 16.7. The molecule has 2 aliphatic rings. The van der Waals surface area contributed by atoms with E-state index in [1.165, 1.54) is 0 Å². The minimum Gasteiger partial charge on any atom is -0.508 e. The van der Waals surface area contributed by atoms with Crippen molar-refractivity contribution in [2.45, 2.75) is 12.8 Å². The van der Waals surface area contributed by atoms with Gasteiger partial charge in [-0.25, -0.2) is 0 Å². The topological polar surface area (TPSA) is 77.4 Å². The Hall–Kier alpha value is -2.76. The molecule has 6 heteroatoms. The number of fused-ring (bicyclic) bond motifs is 2. The molecule has 0 saturated carbocycles. The highest BCUT2D eigenvalue weighted by Crippen LogP contribution is 2.40. The number of phenols is 2. The third-order valence-corrected chi connectivity index (χ3v) is 3.81. The quantitative estimate of drug-likeness (QED) is 0.906. The average Bonchev–Trinajstić information content (AvgIpc) is 3.12. The van der Waals surface area contributed by atoms with E-state index in [1.54, 1.807) is 24.3 Å². The lowest BCUT2D eigenvalue weighted by molar-refractivity contribution is 0.173. The number of aromatic hydroxyl groups is 2. The van der Waals surface area contributed by atoms with Gasteiger partial charge in [0.2, 0.25) is 13.6 Å². The minimum atomic E-state index is 0.157. The van der Waals surface area contributed by atoms with Crippen molar-refractivity contribution in [3.8, 4) is 34.5 Å². The van der Waals surface area contributed by atoms with E-state index in [4.69, 9.17) is 18.9 Å². The van der Waals surface area contributed by atoms with Crippen LogP contribution in [0.1, 0.15) is 11.1 Å². The molecule has 0 atom stereocenters. The molecule has 0 aliphatic carbocycles. The molecule has 2 N–H and O–H groups in total. The summed E-state index contributed by atoms with van der Waals surface area (Å²) in [6, 6.07) is 6.64. The molecule has 2 aromatic carbocycles. The first-order valence-corrected chi connectivity index (χ1v) is 6.93. The maximum absolute atomic E-state index is 10.0. The summed E-state index contributed by atoms with van der Waals surface area (Å²) in [5, 5.41) is 20.1. The van der Waals surface area contributed by atoms with Crippen LogP contribution in [-0.2, 0) is 12.8 Å². The van der Waals surface area contributed by atoms with Crippen LogP contribution in [0.15, 0.2) is 24.3 Å². The Balaban J connectivity index is 1.56. The first-order chi connectivity index (χ1) is 10.7. The average molecular weight is 302 g/mol. The minimum absolute atomic E-state index is 0.157. The Bertz CT molecular complexity index is 676. The van der Waals surface area contributed by atoms with Crippen LogP contribution in [0.3, 0.4) is 0 Å². The number of hydrogen-bond donors (Lipinski definition) is 2. The standard InChI is InChI=1S/C16H14O6/c17-11-5-15-13(19-7-21-15)3-9(11)1-2-10-4-14-16(6-12(10)18)22-8-20-14/h3-6,17-18H,1-2,7-8H2.